The fourth-order valence-corrected chi connectivity index (χ4v) is 6.48. The SMILES string of the molecule is CCC1SCCSC1C(N)Cc1cn2ccsc2n1. The summed E-state index contributed by atoms with van der Waals surface area (Å²) >= 11 is 5.82. The van der Waals surface area contributed by atoms with Crippen molar-refractivity contribution in [2.75, 3.05) is 11.5 Å². The molecule has 1 aliphatic rings. The van der Waals surface area contributed by atoms with Gasteiger partial charge in [-0.1, -0.05) is 6.92 Å². The molecule has 1 saturated heterocycles. The molecule has 104 valence electrons. The van der Waals surface area contributed by atoms with Crippen molar-refractivity contribution < 1.29 is 0 Å². The molecule has 0 saturated carbocycles. The minimum absolute atomic E-state index is 0.215. The van der Waals surface area contributed by atoms with Crippen LogP contribution in [0, 0.1) is 0 Å². The van der Waals surface area contributed by atoms with Gasteiger partial charge in [0.2, 0.25) is 0 Å². The first-order valence-corrected chi connectivity index (χ1v) is 9.65. The number of imidazole rings is 1. The summed E-state index contributed by atoms with van der Waals surface area (Å²) in [5.74, 6) is 2.50. The zero-order valence-corrected chi connectivity index (χ0v) is 13.4. The fraction of sp³-hybridized carbons (Fsp3) is 0.615. The third-order valence-electron chi connectivity index (χ3n) is 3.50. The summed E-state index contributed by atoms with van der Waals surface area (Å²) in [6.07, 6.45) is 6.28. The van der Waals surface area contributed by atoms with Crippen LogP contribution < -0.4 is 5.73 Å². The van der Waals surface area contributed by atoms with E-state index < -0.39 is 0 Å². The number of hydrogen-bond acceptors (Lipinski definition) is 5. The van der Waals surface area contributed by atoms with Gasteiger partial charge >= 0.3 is 0 Å². The smallest absolute Gasteiger partial charge is 0.193 e. The third kappa shape index (κ3) is 2.96. The quantitative estimate of drug-likeness (QED) is 0.942. The van der Waals surface area contributed by atoms with Crippen LogP contribution in [-0.2, 0) is 6.42 Å². The maximum Gasteiger partial charge on any atom is 0.193 e. The van der Waals surface area contributed by atoms with Crippen LogP contribution in [-0.4, -0.2) is 37.4 Å². The summed E-state index contributed by atoms with van der Waals surface area (Å²) in [6, 6.07) is 0.215. The number of fused-ring (bicyclic) bond motifs is 1. The Bertz CT molecular complexity index is 507. The van der Waals surface area contributed by atoms with Crippen LogP contribution in [0.25, 0.3) is 4.96 Å². The van der Waals surface area contributed by atoms with Gasteiger partial charge in [-0.3, -0.25) is 4.40 Å². The van der Waals surface area contributed by atoms with Crippen molar-refractivity contribution in [3.05, 3.63) is 23.5 Å². The first-order chi connectivity index (χ1) is 9.28. The molecular weight excluding hydrogens is 294 g/mol. The summed E-state index contributed by atoms with van der Waals surface area (Å²) in [4.78, 5) is 5.71. The van der Waals surface area contributed by atoms with Gasteiger partial charge in [0.15, 0.2) is 4.96 Å². The molecule has 6 heteroatoms. The highest BCUT2D eigenvalue weighted by Crippen LogP contribution is 2.35. The average Bonchev–Trinajstić information content (AvgIpc) is 2.99. The van der Waals surface area contributed by atoms with Crippen LogP contribution in [0.5, 0.6) is 0 Å². The Balaban J connectivity index is 1.69. The first-order valence-electron chi connectivity index (χ1n) is 6.67. The molecule has 0 radical (unpaired) electrons. The van der Waals surface area contributed by atoms with Crippen LogP contribution in [0.3, 0.4) is 0 Å². The van der Waals surface area contributed by atoms with Crippen molar-refractivity contribution in [2.24, 2.45) is 5.73 Å². The van der Waals surface area contributed by atoms with Crippen LogP contribution in [0.2, 0.25) is 0 Å². The maximum atomic E-state index is 6.46. The lowest BCUT2D eigenvalue weighted by Crippen LogP contribution is -2.43. The van der Waals surface area contributed by atoms with Gasteiger partial charge < -0.3 is 5.73 Å². The van der Waals surface area contributed by atoms with Crippen LogP contribution in [0.15, 0.2) is 17.8 Å². The van der Waals surface area contributed by atoms with Crippen molar-refractivity contribution in [3.63, 3.8) is 0 Å². The molecular formula is C13H19N3S3. The van der Waals surface area contributed by atoms with E-state index >= 15 is 0 Å². The van der Waals surface area contributed by atoms with Crippen molar-refractivity contribution in [3.8, 4) is 0 Å². The maximum absolute atomic E-state index is 6.46. The minimum atomic E-state index is 0.215. The molecule has 1 fully saturated rings. The normalized spacial score (nSPS) is 25.8. The molecule has 3 heterocycles. The second kappa shape index (κ2) is 6.08. The molecule has 0 spiro atoms. The van der Waals surface area contributed by atoms with E-state index in [0.29, 0.717) is 10.5 Å². The number of rotatable bonds is 4. The number of thioether (sulfide) groups is 2. The Morgan fingerprint density at radius 1 is 1.47 bits per heavy atom. The van der Waals surface area contributed by atoms with Gasteiger partial charge in [-0.25, -0.2) is 4.98 Å². The Hall–Kier alpha value is -0.170. The Labute approximate surface area is 126 Å². The molecule has 0 aromatic carbocycles. The molecule has 3 nitrogen and oxygen atoms in total. The van der Waals surface area contributed by atoms with E-state index in [2.05, 4.69) is 57.6 Å². The van der Waals surface area contributed by atoms with Gasteiger partial charge in [0.25, 0.3) is 0 Å². The second-order valence-electron chi connectivity index (χ2n) is 4.85. The monoisotopic (exact) mass is 313 g/mol. The zero-order chi connectivity index (χ0) is 13.2. The Kier molecular flexibility index (Phi) is 4.41. The molecule has 3 rings (SSSR count). The molecule has 0 aliphatic carbocycles. The summed E-state index contributed by atoms with van der Waals surface area (Å²) in [7, 11) is 0. The lowest BCUT2D eigenvalue weighted by Gasteiger charge is -2.33. The van der Waals surface area contributed by atoms with Crippen molar-refractivity contribution >= 4 is 39.8 Å². The molecule has 0 amide bonds. The van der Waals surface area contributed by atoms with E-state index in [9.17, 15) is 0 Å². The first kappa shape index (κ1) is 13.8. The molecule has 3 unspecified atom stereocenters. The van der Waals surface area contributed by atoms with E-state index in [-0.39, 0.29) is 6.04 Å². The second-order valence-corrected chi connectivity index (χ2v) is 8.35. The molecule has 0 bridgehead atoms. The van der Waals surface area contributed by atoms with Crippen LogP contribution in [0.4, 0.5) is 0 Å². The molecule has 2 aromatic rings. The summed E-state index contributed by atoms with van der Waals surface area (Å²) < 4.78 is 2.09. The standard InChI is InChI=1S/C13H19N3S3/c1-2-11-12(18-6-5-17-11)10(14)7-9-8-16-3-4-19-13(16)15-9/h3-4,8,10-12H,2,5-7,14H2,1H3. The largest absolute Gasteiger partial charge is 0.326 e. The highest BCUT2D eigenvalue weighted by Gasteiger charge is 2.30. The van der Waals surface area contributed by atoms with Crippen LogP contribution >= 0.6 is 34.9 Å². The number of nitrogens with zero attached hydrogens (tertiary/aromatic N) is 2. The molecule has 1 aliphatic heterocycles. The van der Waals surface area contributed by atoms with Gasteiger partial charge in [-0.2, -0.15) is 23.5 Å². The number of hydrogen-bond donors (Lipinski definition) is 1. The van der Waals surface area contributed by atoms with E-state index in [1.54, 1.807) is 11.3 Å². The third-order valence-corrected chi connectivity index (χ3v) is 7.70. The topological polar surface area (TPSA) is 43.3 Å². The number of thiazole rings is 1. The Morgan fingerprint density at radius 2 is 2.32 bits per heavy atom. The van der Waals surface area contributed by atoms with E-state index in [1.165, 1.54) is 17.9 Å². The lowest BCUT2D eigenvalue weighted by atomic mass is 10.1. The molecule has 19 heavy (non-hydrogen) atoms. The lowest BCUT2D eigenvalue weighted by molar-refractivity contribution is 0.593. The van der Waals surface area contributed by atoms with Gasteiger partial charge in [-0.05, 0) is 6.42 Å². The van der Waals surface area contributed by atoms with Crippen molar-refractivity contribution in [1.82, 2.24) is 9.38 Å². The van der Waals surface area contributed by atoms with Crippen molar-refractivity contribution in [1.29, 1.82) is 0 Å². The predicted octanol–water partition coefficient (Wildman–Crippen LogP) is 2.89. The average molecular weight is 314 g/mol. The number of nitrogens with two attached hydrogens (primary N) is 1. The zero-order valence-electron chi connectivity index (χ0n) is 11.0. The summed E-state index contributed by atoms with van der Waals surface area (Å²) in [5.41, 5.74) is 7.59. The minimum Gasteiger partial charge on any atom is -0.326 e. The van der Waals surface area contributed by atoms with E-state index in [4.69, 9.17) is 5.73 Å². The van der Waals surface area contributed by atoms with E-state index in [1.807, 2.05) is 0 Å². The summed E-state index contributed by atoms with van der Waals surface area (Å²) in [5, 5.41) is 3.34. The van der Waals surface area contributed by atoms with Gasteiger partial charge in [0.05, 0.1) is 5.69 Å². The molecule has 2 N–H and O–H groups in total. The summed E-state index contributed by atoms with van der Waals surface area (Å²) in [6.45, 7) is 2.27. The molecule has 2 aromatic heterocycles. The predicted molar refractivity (Wildman–Crippen MR) is 87.5 cm³/mol. The molecule has 3 atom stereocenters. The Morgan fingerprint density at radius 3 is 3.11 bits per heavy atom. The van der Waals surface area contributed by atoms with Gasteiger partial charge in [0.1, 0.15) is 0 Å². The highest BCUT2D eigenvalue weighted by atomic mass is 32.2. The van der Waals surface area contributed by atoms with Gasteiger partial charge in [-0.15, -0.1) is 11.3 Å². The van der Waals surface area contributed by atoms with Gasteiger partial charge in [0, 0.05) is 52.2 Å². The fourth-order valence-electron chi connectivity index (χ4n) is 2.57. The highest BCUT2D eigenvalue weighted by molar-refractivity contribution is 8.07. The van der Waals surface area contributed by atoms with E-state index in [0.717, 1.165) is 17.1 Å². The van der Waals surface area contributed by atoms with Crippen molar-refractivity contribution in [2.45, 2.75) is 36.3 Å². The van der Waals surface area contributed by atoms with Crippen LogP contribution in [0.1, 0.15) is 19.0 Å². The number of aromatic nitrogens is 2.